The Balaban J connectivity index is 1.63. The highest BCUT2D eigenvalue weighted by Crippen LogP contribution is 2.12. The zero-order valence-electron chi connectivity index (χ0n) is 14.1. The van der Waals surface area contributed by atoms with Gasteiger partial charge in [-0.1, -0.05) is 18.2 Å². The molecule has 1 aliphatic heterocycles. The predicted molar refractivity (Wildman–Crippen MR) is 93.6 cm³/mol. The van der Waals surface area contributed by atoms with E-state index in [1.165, 1.54) is 0 Å². The Hall–Kier alpha value is -1.59. The molecule has 0 bridgehead atoms. The summed E-state index contributed by atoms with van der Waals surface area (Å²) in [5.41, 5.74) is 1.08. The minimum absolute atomic E-state index is 0.0739. The van der Waals surface area contributed by atoms with Crippen molar-refractivity contribution < 1.29 is 9.90 Å². The molecule has 1 aromatic rings. The van der Waals surface area contributed by atoms with E-state index >= 15 is 0 Å². The maximum Gasteiger partial charge on any atom is 0.239 e. The molecular formula is C18H29N3O2. The Morgan fingerprint density at radius 3 is 2.65 bits per heavy atom. The normalized spacial score (nSPS) is 16.3. The number of likely N-dealkylation sites (N-methyl/N-ethyl adjacent to an activating group) is 1. The zero-order valence-corrected chi connectivity index (χ0v) is 14.1. The number of likely N-dealkylation sites (tertiary alicyclic amines) is 1. The summed E-state index contributed by atoms with van der Waals surface area (Å²) in [6, 6.07) is 10.0. The molecule has 1 aromatic carbocycles. The Morgan fingerprint density at radius 1 is 1.30 bits per heavy atom. The maximum absolute atomic E-state index is 12.1. The van der Waals surface area contributed by atoms with E-state index in [0.717, 1.165) is 51.1 Å². The quantitative estimate of drug-likeness (QED) is 0.713. The molecule has 5 nitrogen and oxygen atoms in total. The van der Waals surface area contributed by atoms with Crippen molar-refractivity contribution in [3.8, 4) is 0 Å². The van der Waals surface area contributed by atoms with Gasteiger partial charge in [0.1, 0.15) is 0 Å². The number of para-hydroxylation sites is 1. The van der Waals surface area contributed by atoms with Gasteiger partial charge < -0.3 is 20.2 Å². The van der Waals surface area contributed by atoms with E-state index in [1.807, 2.05) is 30.3 Å². The average molecular weight is 319 g/mol. The molecule has 2 N–H and O–H groups in total. The van der Waals surface area contributed by atoms with Gasteiger partial charge in [0.2, 0.25) is 5.91 Å². The number of piperidine rings is 1. The molecular weight excluding hydrogens is 290 g/mol. The Morgan fingerprint density at radius 2 is 2.00 bits per heavy atom. The number of hydrogen-bond donors (Lipinski definition) is 2. The third-order valence-corrected chi connectivity index (χ3v) is 4.37. The van der Waals surface area contributed by atoms with Crippen LogP contribution in [0.25, 0.3) is 0 Å². The fraction of sp³-hybridized carbons (Fsp3) is 0.611. The molecule has 128 valence electrons. The van der Waals surface area contributed by atoms with Crippen LogP contribution in [-0.4, -0.2) is 61.3 Å². The number of carbonyl (C=O) groups is 1. The number of aliphatic hydroxyl groups excluding tert-OH is 1. The molecule has 5 heteroatoms. The minimum Gasteiger partial charge on any atom is -0.393 e. The number of aliphatic hydroxyl groups is 1. The smallest absolute Gasteiger partial charge is 0.239 e. The molecule has 23 heavy (non-hydrogen) atoms. The van der Waals surface area contributed by atoms with E-state index < -0.39 is 0 Å². The molecule has 0 spiro atoms. The maximum atomic E-state index is 12.1. The summed E-state index contributed by atoms with van der Waals surface area (Å²) in [6.45, 7) is 6.90. The topological polar surface area (TPSA) is 55.8 Å². The van der Waals surface area contributed by atoms with Crippen LogP contribution in [0.3, 0.4) is 0 Å². The molecule has 1 aliphatic rings. The van der Waals surface area contributed by atoms with Crippen LogP contribution < -0.4 is 10.2 Å². The molecule has 0 unspecified atom stereocenters. The van der Waals surface area contributed by atoms with Gasteiger partial charge in [-0.15, -0.1) is 0 Å². The van der Waals surface area contributed by atoms with Crippen LogP contribution in [0.15, 0.2) is 30.3 Å². The van der Waals surface area contributed by atoms with E-state index in [-0.39, 0.29) is 12.0 Å². The summed E-state index contributed by atoms with van der Waals surface area (Å²) in [4.78, 5) is 16.5. The molecule has 1 saturated heterocycles. The van der Waals surface area contributed by atoms with Crippen molar-refractivity contribution in [3.05, 3.63) is 30.3 Å². The first-order valence-corrected chi connectivity index (χ1v) is 8.66. The summed E-state index contributed by atoms with van der Waals surface area (Å²) in [5.74, 6) is 0.0739. The van der Waals surface area contributed by atoms with Crippen LogP contribution in [0.5, 0.6) is 0 Å². The van der Waals surface area contributed by atoms with Gasteiger partial charge in [0.05, 0.1) is 12.6 Å². The monoisotopic (exact) mass is 319 g/mol. The molecule has 0 saturated carbocycles. The van der Waals surface area contributed by atoms with Gasteiger partial charge in [0, 0.05) is 31.9 Å². The first kappa shape index (κ1) is 17.8. The van der Waals surface area contributed by atoms with Gasteiger partial charge in [-0.3, -0.25) is 4.79 Å². The highest BCUT2D eigenvalue weighted by molar-refractivity contribution is 5.81. The Bertz CT molecular complexity index is 459. The Labute approximate surface area is 139 Å². The second-order valence-corrected chi connectivity index (χ2v) is 6.13. The number of carbonyl (C=O) groups excluding carboxylic acids is 1. The summed E-state index contributed by atoms with van der Waals surface area (Å²) in [7, 11) is 0. The van der Waals surface area contributed by atoms with E-state index in [1.54, 1.807) is 0 Å². The van der Waals surface area contributed by atoms with E-state index in [9.17, 15) is 9.90 Å². The van der Waals surface area contributed by atoms with Crippen molar-refractivity contribution in [2.45, 2.75) is 32.3 Å². The van der Waals surface area contributed by atoms with Gasteiger partial charge in [-0.2, -0.15) is 0 Å². The molecule has 1 amide bonds. The number of nitrogens with zero attached hydrogens (tertiary/aromatic N) is 2. The van der Waals surface area contributed by atoms with Gasteiger partial charge >= 0.3 is 0 Å². The number of amides is 1. The molecule has 0 aromatic heterocycles. The molecule has 2 rings (SSSR count). The van der Waals surface area contributed by atoms with Gasteiger partial charge in [-0.25, -0.2) is 0 Å². The van der Waals surface area contributed by atoms with Gasteiger partial charge in [0.25, 0.3) is 0 Å². The van der Waals surface area contributed by atoms with Crippen LogP contribution in [-0.2, 0) is 4.79 Å². The second kappa shape index (κ2) is 9.53. The fourth-order valence-electron chi connectivity index (χ4n) is 2.93. The lowest BCUT2D eigenvalue weighted by Crippen LogP contribution is -2.40. The third-order valence-electron chi connectivity index (χ3n) is 4.37. The fourth-order valence-corrected chi connectivity index (χ4v) is 2.93. The van der Waals surface area contributed by atoms with Crippen LogP contribution in [0.1, 0.15) is 26.2 Å². The summed E-state index contributed by atoms with van der Waals surface area (Å²) in [6.07, 6.45) is 2.58. The summed E-state index contributed by atoms with van der Waals surface area (Å²) in [5, 5.41) is 12.5. The number of anilines is 1. The summed E-state index contributed by atoms with van der Waals surface area (Å²) < 4.78 is 0. The number of rotatable bonds is 8. The van der Waals surface area contributed by atoms with E-state index in [0.29, 0.717) is 13.1 Å². The lowest BCUT2D eigenvalue weighted by atomic mass is 10.1. The summed E-state index contributed by atoms with van der Waals surface area (Å²) >= 11 is 0. The molecule has 0 radical (unpaired) electrons. The predicted octanol–water partition coefficient (Wildman–Crippen LogP) is 1.48. The first-order valence-electron chi connectivity index (χ1n) is 8.66. The largest absolute Gasteiger partial charge is 0.393 e. The van der Waals surface area contributed by atoms with Crippen molar-refractivity contribution in [1.82, 2.24) is 10.2 Å². The first-order chi connectivity index (χ1) is 11.2. The zero-order chi connectivity index (χ0) is 16.5. The standard InChI is InChI=1S/C18H29N3O2/c1-2-21(16-7-4-3-5-8-16)15-18(23)19-11-6-12-20-13-9-17(22)10-14-20/h3-5,7-8,17,22H,2,6,9-15H2,1H3,(H,19,23). The van der Waals surface area contributed by atoms with E-state index in [2.05, 4.69) is 22.0 Å². The van der Waals surface area contributed by atoms with E-state index in [4.69, 9.17) is 0 Å². The van der Waals surface area contributed by atoms with Crippen molar-refractivity contribution in [3.63, 3.8) is 0 Å². The highest BCUT2D eigenvalue weighted by Gasteiger charge is 2.16. The lowest BCUT2D eigenvalue weighted by molar-refractivity contribution is -0.119. The average Bonchev–Trinajstić information content (AvgIpc) is 2.59. The van der Waals surface area contributed by atoms with Crippen LogP contribution in [0, 0.1) is 0 Å². The lowest BCUT2D eigenvalue weighted by Gasteiger charge is -2.29. The SMILES string of the molecule is CCN(CC(=O)NCCCN1CCC(O)CC1)c1ccccc1. The molecule has 0 aliphatic carbocycles. The van der Waals surface area contributed by atoms with Crippen molar-refractivity contribution in [2.24, 2.45) is 0 Å². The highest BCUT2D eigenvalue weighted by atomic mass is 16.3. The number of nitrogens with one attached hydrogen (secondary N) is 1. The van der Waals surface area contributed by atoms with Crippen molar-refractivity contribution in [2.75, 3.05) is 44.2 Å². The van der Waals surface area contributed by atoms with Crippen molar-refractivity contribution in [1.29, 1.82) is 0 Å². The minimum atomic E-state index is -0.121. The third kappa shape index (κ3) is 6.20. The van der Waals surface area contributed by atoms with Gasteiger partial charge in [-0.05, 0) is 44.9 Å². The number of hydrogen-bond acceptors (Lipinski definition) is 4. The van der Waals surface area contributed by atoms with Gasteiger partial charge in [0.15, 0.2) is 0 Å². The molecule has 1 heterocycles. The number of benzene rings is 1. The van der Waals surface area contributed by atoms with Crippen LogP contribution in [0.4, 0.5) is 5.69 Å². The second-order valence-electron chi connectivity index (χ2n) is 6.13. The van der Waals surface area contributed by atoms with Crippen LogP contribution in [0.2, 0.25) is 0 Å². The molecule has 0 atom stereocenters. The molecule has 1 fully saturated rings. The van der Waals surface area contributed by atoms with Crippen LogP contribution >= 0.6 is 0 Å². The van der Waals surface area contributed by atoms with Crippen molar-refractivity contribution >= 4 is 11.6 Å². The Kier molecular flexibility index (Phi) is 7.36.